The second-order valence-electron chi connectivity index (χ2n) is 9.70. The molecule has 1 atom stereocenters. The Labute approximate surface area is 212 Å². The van der Waals surface area contributed by atoms with Crippen LogP contribution >= 0.6 is 0 Å². The topological polar surface area (TPSA) is 45.1 Å². The monoisotopic (exact) mass is 485 g/mol. The Hall–Kier alpha value is -3.51. The van der Waals surface area contributed by atoms with Gasteiger partial charge in [0.1, 0.15) is 11.6 Å². The highest BCUT2D eigenvalue weighted by Gasteiger charge is 2.34. The van der Waals surface area contributed by atoms with Crippen molar-refractivity contribution in [3.63, 3.8) is 0 Å². The second-order valence-corrected chi connectivity index (χ2v) is 9.70. The standard InChI is InChI=1S/C30H32FN3O2/c1-36-27-12-10-24(11-13-27)28-20-29(25-8-5-9-26(31)19-25)34(32-28)30(35)21-33-16-14-23(15-17-33)18-22-6-3-2-4-7-22/h2-13,19,23,29H,14-18,20-21H2,1H3. The number of halogens is 1. The highest BCUT2D eigenvalue weighted by atomic mass is 19.1. The summed E-state index contributed by atoms with van der Waals surface area (Å²) in [5.74, 6) is 1.06. The Kier molecular flexibility index (Phi) is 7.42. The van der Waals surface area contributed by atoms with Crippen LogP contribution in [0.4, 0.5) is 4.39 Å². The number of amides is 1. The molecule has 0 radical (unpaired) electrons. The molecule has 0 spiro atoms. The molecule has 6 heteroatoms. The molecule has 1 fully saturated rings. The summed E-state index contributed by atoms with van der Waals surface area (Å²) >= 11 is 0. The zero-order chi connectivity index (χ0) is 24.9. The van der Waals surface area contributed by atoms with Gasteiger partial charge in [-0.2, -0.15) is 5.10 Å². The lowest BCUT2D eigenvalue weighted by Crippen LogP contribution is -2.42. The molecule has 0 bridgehead atoms. The van der Waals surface area contributed by atoms with E-state index in [-0.39, 0.29) is 17.8 Å². The molecular weight excluding hydrogens is 453 g/mol. The van der Waals surface area contributed by atoms with Crippen LogP contribution in [-0.2, 0) is 11.2 Å². The van der Waals surface area contributed by atoms with Crippen molar-refractivity contribution in [2.24, 2.45) is 11.0 Å². The third-order valence-corrected chi connectivity index (χ3v) is 7.26. The first-order chi connectivity index (χ1) is 17.6. The summed E-state index contributed by atoms with van der Waals surface area (Å²) in [7, 11) is 1.63. The number of hydrazone groups is 1. The largest absolute Gasteiger partial charge is 0.497 e. The molecule has 0 aromatic heterocycles. The van der Waals surface area contributed by atoms with E-state index in [1.165, 1.54) is 17.7 Å². The van der Waals surface area contributed by atoms with Gasteiger partial charge in [0.25, 0.3) is 5.91 Å². The minimum absolute atomic E-state index is 0.0470. The molecule has 0 aliphatic carbocycles. The predicted molar refractivity (Wildman–Crippen MR) is 139 cm³/mol. The van der Waals surface area contributed by atoms with Gasteiger partial charge < -0.3 is 4.74 Å². The summed E-state index contributed by atoms with van der Waals surface area (Å²) in [6, 6.07) is 24.5. The van der Waals surface area contributed by atoms with Gasteiger partial charge in [-0.25, -0.2) is 9.40 Å². The molecule has 3 aromatic rings. The van der Waals surface area contributed by atoms with E-state index in [1.807, 2.05) is 30.3 Å². The zero-order valence-corrected chi connectivity index (χ0v) is 20.6. The number of piperidine rings is 1. The second kappa shape index (κ2) is 11.0. The molecule has 2 heterocycles. The van der Waals surface area contributed by atoms with Crippen LogP contribution in [0.15, 0.2) is 84.0 Å². The maximum atomic E-state index is 14.1. The molecule has 0 N–H and O–H groups in total. The molecule has 186 valence electrons. The molecular formula is C30H32FN3O2. The van der Waals surface area contributed by atoms with E-state index in [0.717, 1.165) is 54.9 Å². The zero-order valence-electron chi connectivity index (χ0n) is 20.6. The first-order valence-corrected chi connectivity index (χ1v) is 12.6. The van der Waals surface area contributed by atoms with Gasteiger partial charge in [-0.1, -0.05) is 42.5 Å². The van der Waals surface area contributed by atoms with Crippen LogP contribution in [0.1, 0.15) is 42.0 Å². The number of likely N-dealkylation sites (tertiary alicyclic amines) is 1. The number of rotatable bonds is 7. The first kappa shape index (κ1) is 24.2. The van der Waals surface area contributed by atoms with Gasteiger partial charge in [0.2, 0.25) is 0 Å². The van der Waals surface area contributed by atoms with Gasteiger partial charge >= 0.3 is 0 Å². The predicted octanol–water partition coefficient (Wildman–Crippen LogP) is 5.47. The molecule has 1 amide bonds. The minimum Gasteiger partial charge on any atom is -0.497 e. The lowest BCUT2D eigenvalue weighted by Gasteiger charge is -2.33. The summed E-state index contributed by atoms with van der Waals surface area (Å²) in [6.45, 7) is 2.12. The van der Waals surface area contributed by atoms with E-state index in [2.05, 4.69) is 35.2 Å². The van der Waals surface area contributed by atoms with Gasteiger partial charge in [0.15, 0.2) is 0 Å². The van der Waals surface area contributed by atoms with Crippen molar-refractivity contribution in [3.05, 3.63) is 101 Å². The molecule has 5 rings (SSSR count). The molecule has 1 unspecified atom stereocenters. The Balaban J connectivity index is 1.27. The number of hydrogen-bond donors (Lipinski definition) is 0. The highest BCUT2D eigenvalue weighted by Crippen LogP contribution is 2.34. The number of hydrogen-bond acceptors (Lipinski definition) is 4. The molecule has 0 saturated carbocycles. The van der Waals surface area contributed by atoms with Crippen molar-refractivity contribution in [2.75, 3.05) is 26.7 Å². The maximum Gasteiger partial charge on any atom is 0.257 e. The van der Waals surface area contributed by atoms with Gasteiger partial charge in [-0.05, 0) is 91.4 Å². The molecule has 2 aliphatic rings. The quantitative estimate of drug-likeness (QED) is 0.446. The third kappa shape index (κ3) is 5.65. The number of benzene rings is 3. The van der Waals surface area contributed by atoms with E-state index in [9.17, 15) is 9.18 Å². The average molecular weight is 486 g/mol. The minimum atomic E-state index is -0.319. The van der Waals surface area contributed by atoms with Crippen LogP contribution < -0.4 is 4.74 Å². The number of carbonyl (C=O) groups is 1. The van der Waals surface area contributed by atoms with Crippen molar-refractivity contribution in [1.82, 2.24) is 9.91 Å². The van der Waals surface area contributed by atoms with Gasteiger partial charge in [0, 0.05) is 6.42 Å². The van der Waals surface area contributed by atoms with Crippen LogP contribution in [-0.4, -0.2) is 48.3 Å². The van der Waals surface area contributed by atoms with Crippen molar-refractivity contribution >= 4 is 11.6 Å². The smallest absolute Gasteiger partial charge is 0.257 e. The fraction of sp³-hybridized carbons (Fsp3) is 0.333. The molecule has 36 heavy (non-hydrogen) atoms. The van der Waals surface area contributed by atoms with Crippen molar-refractivity contribution in [3.8, 4) is 5.75 Å². The molecule has 3 aromatic carbocycles. The van der Waals surface area contributed by atoms with Crippen LogP contribution in [0.2, 0.25) is 0 Å². The molecule has 2 aliphatic heterocycles. The van der Waals surface area contributed by atoms with Gasteiger partial charge in [-0.3, -0.25) is 9.69 Å². The summed E-state index contributed by atoms with van der Waals surface area (Å²) in [4.78, 5) is 15.7. The normalized spacial score (nSPS) is 18.8. The lowest BCUT2D eigenvalue weighted by atomic mass is 9.90. The summed E-state index contributed by atoms with van der Waals surface area (Å²) in [6.07, 6.45) is 3.79. The van der Waals surface area contributed by atoms with Crippen LogP contribution in [0, 0.1) is 11.7 Å². The summed E-state index contributed by atoms with van der Waals surface area (Å²) < 4.78 is 19.3. The Morgan fingerprint density at radius 3 is 2.44 bits per heavy atom. The average Bonchev–Trinajstić information content (AvgIpc) is 3.36. The highest BCUT2D eigenvalue weighted by molar-refractivity contribution is 6.03. The van der Waals surface area contributed by atoms with E-state index in [1.54, 1.807) is 18.2 Å². The Bertz CT molecular complexity index is 1200. The molecule has 1 saturated heterocycles. The summed E-state index contributed by atoms with van der Waals surface area (Å²) in [5, 5.41) is 6.32. The SMILES string of the molecule is COc1ccc(C2=NN(C(=O)CN3CCC(Cc4ccccc4)CC3)C(c3cccc(F)c3)C2)cc1. The number of carbonyl (C=O) groups excluding carboxylic acids is 1. The first-order valence-electron chi connectivity index (χ1n) is 12.6. The number of ether oxygens (including phenoxy) is 1. The van der Waals surface area contributed by atoms with Crippen molar-refractivity contribution in [2.45, 2.75) is 31.7 Å². The van der Waals surface area contributed by atoms with E-state index < -0.39 is 0 Å². The molecule has 5 nitrogen and oxygen atoms in total. The fourth-order valence-corrected chi connectivity index (χ4v) is 5.23. The van der Waals surface area contributed by atoms with E-state index >= 15 is 0 Å². The van der Waals surface area contributed by atoms with Crippen molar-refractivity contribution in [1.29, 1.82) is 0 Å². The van der Waals surface area contributed by atoms with Crippen LogP contribution in [0.25, 0.3) is 0 Å². The van der Waals surface area contributed by atoms with Crippen molar-refractivity contribution < 1.29 is 13.9 Å². The summed E-state index contributed by atoms with van der Waals surface area (Å²) in [5.41, 5.74) is 3.90. The van der Waals surface area contributed by atoms with Gasteiger partial charge in [-0.15, -0.1) is 0 Å². The maximum absolute atomic E-state index is 14.1. The number of methoxy groups -OCH3 is 1. The van der Waals surface area contributed by atoms with E-state index in [4.69, 9.17) is 9.84 Å². The third-order valence-electron chi connectivity index (χ3n) is 7.26. The Morgan fingerprint density at radius 2 is 1.75 bits per heavy atom. The van der Waals surface area contributed by atoms with Gasteiger partial charge in [0.05, 0.1) is 25.4 Å². The number of nitrogens with zero attached hydrogens (tertiary/aromatic N) is 3. The van der Waals surface area contributed by atoms with Crippen LogP contribution in [0.3, 0.4) is 0 Å². The Morgan fingerprint density at radius 1 is 1.00 bits per heavy atom. The van der Waals surface area contributed by atoms with Crippen LogP contribution in [0.5, 0.6) is 5.75 Å². The van der Waals surface area contributed by atoms with E-state index in [0.29, 0.717) is 18.9 Å². The fourth-order valence-electron chi connectivity index (χ4n) is 5.23. The lowest BCUT2D eigenvalue weighted by molar-refractivity contribution is -0.134.